The molecule has 27 heavy (non-hydrogen) atoms. The third kappa shape index (κ3) is 3.88. The van der Waals surface area contributed by atoms with E-state index in [1.165, 1.54) is 23.8 Å². The van der Waals surface area contributed by atoms with Crippen LogP contribution in [-0.4, -0.2) is 17.6 Å². The van der Waals surface area contributed by atoms with Gasteiger partial charge in [0, 0.05) is 23.1 Å². The molecule has 0 amide bonds. The maximum atomic E-state index is 12.0. The Hall–Kier alpha value is -3.06. The van der Waals surface area contributed by atoms with Crippen LogP contribution in [0, 0.1) is 25.2 Å². The van der Waals surface area contributed by atoms with Crippen molar-refractivity contribution in [3.05, 3.63) is 70.4 Å². The summed E-state index contributed by atoms with van der Waals surface area (Å²) in [6.07, 6.45) is 2.28. The van der Waals surface area contributed by atoms with Crippen LogP contribution in [-0.2, 0) is 24.1 Å². The molecule has 3 aromatic rings. The highest BCUT2D eigenvalue weighted by molar-refractivity contribution is 5.96. The molecule has 0 fully saturated rings. The summed E-state index contributed by atoms with van der Waals surface area (Å²) in [7, 11) is 1.40. The molecule has 1 heterocycles. The molecule has 2 aromatic carbocycles. The van der Waals surface area contributed by atoms with Crippen LogP contribution in [0.5, 0.6) is 0 Å². The summed E-state index contributed by atoms with van der Waals surface area (Å²) in [5.74, 6) is -0.330. The van der Waals surface area contributed by atoms with Crippen LogP contribution in [0.4, 0.5) is 0 Å². The van der Waals surface area contributed by atoms with Crippen molar-refractivity contribution in [1.82, 2.24) is 4.57 Å². The van der Waals surface area contributed by atoms with E-state index in [9.17, 15) is 4.79 Å². The van der Waals surface area contributed by atoms with Crippen LogP contribution in [0.15, 0.2) is 42.5 Å². The number of nitrogens with zero attached hydrogens (tertiary/aromatic N) is 2. The molecule has 0 spiro atoms. The molecule has 0 atom stereocenters. The van der Waals surface area contributed by atoms with Gasteiger partial charge < -0.3 is 9.30 Å². The number of aryl methyl sites for hydroxylation is 4. The molecule has 1 aromatic heterocycles. The summed E-state index contributed by atoms with van der Waals surface area (Å²) in [5, 5.41) is 10.1. The first-order valence-corrected chi connectivity index (χ1v) is 9.17. The third-order valence-corrected chi connectivity index (χ3v) is 5.11. The zero-order valence-corrected chi connectivity index (χ0v) is 16.1. The number of esters is 1. The second-order valence-corrected chi connectivity index (χ2v) is 6.83. The number of hydrogen-bond acceptors (Lipinski definition) is 3. The minimum absolute atomic E-state index is 0.330. The highest BCUT2D eigenvalue weighted by Crippen LogP contribution is 2.29. The van der Waals surface area contributed by atoms with Crippen molar-refractivity contribution in [3.63, 3.8) is 0 Å². The predicted molar refractivity (Wildman–Crippen MR) is 107 cm³/mol. The maximum Gasteiger partial charge on any atom is 0.337 e. The minimum atomic E-state index is -0.330. The number of fused-ring (bicyclic) bond motifs is 1. The molecule has 138 valence electrons. The van der Waals surface area contributed by atoms with E-state index < -0.39 is 0 Å². The van der Waals surface area contributed by atoms with Gasteiger partial charge in [0.1, 0.15) is 0 Å². The van der Waals surface area contributed by atoms with Crippen molar-refractivity contribution in [2.75, 3.05) is 7.11 Å². The zero-order chi connectivity index (χ0) is 19.4. The van der Waals surface area contributed by atoms with Gasteiger partial charge in [-0.1, -0.05) is 29.8 Å². The number of carbonyl (C=O) groups excluding carboxylic acids is 1. The maximum absolute atomic E-state index is 12.0. The first-order chi connectivity index (χ1) is 13.0. The van der Waals surface area contributed by atoms with Crippen LogP contribution in [0.1, 0.15) is 39.2 Å². The molecule has 0 aliphatic carbocycles. The van der Waals surface area contributed by atoms with Crippen LogP contribution >= 0.6 is 0 Å². The molecule has 0 aliphatic rings. The van der Waals surface area contributed by atoms with Gasteiger partial charge in [-0.2, -0.15) is 5.26 Å². The van der Waals surface area contributed by atoms with Gasteiger partial charge in [-0.05, 0) is 56.0 Å². The van der Waals surface area contributed by atoms with Crippen molar-refractivity contribution in [2.45, 2.75) is 39.7 Å². The van der Waals surface area contributed by atoms with E-state index in [4.69, 9.17) is 10.00 Å². The molecule has 0 saturated carbocycles. The van der Waals surface area contributed by atoms with Gasteiger partial charge in [0.25, 0.3) is 0 Å². The van der Waals surface area contributed by atoms with Gasteiger partial charge in [-0.25, -0.2) is 4.79 Å². The summed E-state index contributed by atoms with van der Waals surface area (Å²) >= 11 is 0. The molecule has 0 saturated heterocycles. The summed E-state index contributed by atoms with van der Waals surface area (Å²) in [6, 6.07) is 16.5. The lowest BCUT2D eigenvalue weighted by atomic mass is 10.0. The average molecular weight is 360 g/mol. The van der Waals surface area contributed by atoms with E-state index in [0.29, 0.717) is 18.5 Å². The Balaban J connectivity index is 2.02. The second kappa shape index (κ2) is 8.09. The van der Waals surface area contributed by atoms with Crippen LogP contribution in [0.25, 0.3) is 10.9 Å². The summed E-state index contributed by atoms with van der Waals surface area (Å²) in [4.78, 5) is 12.0. The SMILES string of the molecule is COC(=O)c1ccc2c(c1)c(CCc1ccc(C)cc1)c(C)n2CCC#N. The number of benzene rings is 2. The summed E-state index contributed by atoms with van der Waals surface area (Å²) in [6.45, 7) is 4.84. The fourth-order valence-electron chi connectivity index (χ4n) is 3.59. The Labute approximate surface area is 160 Å². The topological polar surface area (TPSA) is 55.0 Å². The highest BCUT2D eigenvalue weighted by Gasteiger charge is 2.16. The van der Waals surface area contributed by atoms with Crippen LogP contribution < -0.4 is 0 Å². The molecule has 4 heteroatoms. The van der Waals surface area contributed by atoms with Gasteiger partial charge in [0.05, 0.1) is 25.2 Å². The van der Waals surface area contributed by atoms with Gasteiger partial charge in [0.2, 0.25) is 0 Å². The Morgan fingerprint density at radius 2 is 1.85 bits per heavy atom. The number of hydrogen-bond donors (Lipinski definition) is 0. The Morgan fingerprint density at radius 3 is 2.52 bits per heavy atom. The highest BCUT2D eigenvalue weighted by atomic mass is 16.5. The van der Waals surface area contributed by atoms with Crippen molar-refractivity contribution >= 4 is 16.9 Å². The van der Waals surface area contributed by atoms with E-state index in [1.54, 1.807) is 6.07 Å². The van der Waals surface area contributed by atoms with E-state index in [-0.39, 0.29) is 5.97 Å². The van der Waals surface area contributed by atoms with Gasteiger partial charge in [-0.15, -0.1) is 0 Å². The number of nitriles is 1. The number of carbonyl (C=O) groups is 1. The molecule has 4 nitrogen and oxygen atoms in total. The quantitative estimate of drug-likeness (QED) is 0.596. The smallest absolute Gasteiger partial charge is 0.337 e. The van der Waals surface area contributed by atoms with Crippen LogP contribution in [0.2, 0.25) is 0 Å². The summed E-state index contributed by atoms with van der Waals surface area (Å²) < 4.78 is 7.06. The van der Waals surface area contributed by atoms with E-state index >= 15 is 0 Å². The predicted octanol–water partition coefficient (Wildman–Crippen LogP) is 4.74. The van der Waals surface area contributed by atoms with E-state index in [1.807, 2.05) is 12.1 Å². The van der Waals surface area contributed by atoms with E-state index in [0.717, 1.165) is 29.4 Å². The fourth-order valence-corrected chi connectivity index (χ4v) is 3.59. The Morgan fingerprint density at radius 1 is 1.11 bits per heavy atom. The first-order valence-electron chi connectivity index (χ1n) is 9.17. The number of ether oxygens (including phenoxy) is 1. The Bertz CT molecular complexity index is 1010. The monoisotopic (exact) mass is 360 g/mol. The average Bonchev–Trinajstić information content (AvgIpc) is 2.95. The standard InChI is InChI=1S/C23H24N2O2/c1-16-5-7-18(8-6-16)9-11-20-17(2)25(14-4-13-24)22-12-10-19(15-21(20)22)23(26)27-3/h5-8,10,12,15H,4,9,11,14H2,1-3H3. The molecule has 0 unspecified atom stereocenters. The van der Waals surface area contributed by atoms with Crippen molar-refractivity contribution in [3.8, 4) is 6.07 Å². The van der Waals surface area contributed by atoms with Crippen molar-refractivity contribution in [1.29, 1.82) is 5.26 Å². The first kappa shape index (κ1) is 18.7. The zero-order valence-electron chi connectivity index (χ0n) is 16.1. The van der Waals surface area contributed by atoms with Gasteiger partial charge in [0.15, 0.2) is 0 Å². The fraction of sp³-hybridized carbons (Fsp3) is 0.304. The van der Waals surface area contributed by atoms with Crippen molar-refractivity contribution < 1.29 is 9.53 Å². The number of aromatic nitrogens is 1. The molecule has 3 rings (SSSR count). The largest absolute Gasteiger partial charge is 0.465 e. The molecule has 0 radical (unpaired) electrons. The normalized spacial score (nSPS) is 10.7. The third-order valence-electron chi connectivity index (χ3n) is 5.11. The lowest BCUT2D eigenvalue weighted by Gasteiger charge is -2.06. The Kier molecular flexibility index (Phi) is 5.61. The molecular weight excluding hydrogens is 336 g/mol. The van der Waals surface area contributed by atoms with E-state index in [2.05, 4.69) is 48.7 Å². The number of rotatable bonds is 6. The minimum Gasteiger partial charge on any atom is -0.465 e. The molecule has 0 N–H and O–H groups in total. The van der Waals surface area contributed by atoms with Gasteiger partial charge in [-0.3, -0.25) is 0 Å². The van der Waals surface area contributed by atoms with Crippen LogP contribution in [0.3, 0.4) is 0 Å². The van der Waals surface area contributed by atoms with Crippen molar-refractivity contribution in [2.24, 2.45) is 0 Å². The van der Waals surface area contributed by atoms with Gasteiger partial charge >= 0.3 is 5.97 Å². The molecule has 0 aliphatic heterocycles. The lowest BCUT2D eigenvalue weighted by Crippen LogP contribution is -2.02. The molecular formula is C23H24N2O2. The summed E-state index contributed by atoms with van der Waals surface area (Å²) in [5.41, 5.74) is 6.56. The lowest BCUT2D eigenvalue weighted by molar-refractivity contribution is 0.0601. The molecule has 0 bridgehead atoms. The second-order valence-electron chi connectivity index (χ2n) is 6.83. The number of methoxy groups -OCH3 is 1.